The molecule has 7 nitrogen and oxygen atoms in total. The summed E-state index contributed by atoms with van der Waals surface area (Å²) >= 11 is 0. The monoisotopic (exact) mass is 184 g/mol. The molecule has 70 valence electrons. The van der Waals surface area contributed by atoms with E-state index in [0.717, 1.165) is 6.42 Å². The summed E-state index contributed by atoms with van der Waals surface area (Å²) in [5.74, 6) is -0.220. The maximum atomic E-state index is 10.5. The minimum Gasteiger partial charge on any atom is -0.390 e. The van der Waals surface area contributed by atoms with Crippen molar-refractivity contribution in [3.8, 4) is 0 Å². The summed E-state index contributed by atoms with van der Waals surface area (Å²) in [5, 5.41) is 11.9. The van der Waals surface area contributed by atoms with Crippen LogP contribution < -0.4 is 5.17 Å². The number of nitrogens with zero attached hydrogens (tertiary/aromatic N) is 4. The van der Waals surface area contributed by atoms with Gasteiger partial charge in [0.15, 0.2) is 0 Å². The van der Waals surface area contributed by atoms with Gasteiger partial charge in [-0.15, -0.1) is 9.85 Å². The van der Waals surface area contributed by atoms with Crippen molar-refractivity contribution in [1.82, 2.24) is 9.66 Å². The molecule has 1 saturated heterocycles. The van der Waals surface area contributed by atoms with Crippen molar-refractivity contribution in [2.75, 3.05) is 18.3 Å². The van der Waals surface area contributed by atoms with E-state index < -0.39 is 4.92 Å². The third kappa shape index (κ3) is 1.33. The van der Waals surface area contributed by atoms with E-state index in [-0.39, 0.29) is 5.95 Å². The van der Waals surface area contributed by atoms with Gasteiger partial charge in [0.05, 0.1) is 13.2 Å². The van der Waals surface area contributed by atoms with Gasteiger partial charge in [-0.1, -0.05) is 4.98 Å². The number of nitro groups is 1. The Kier molecular flexibility index (Phi) is 1.85. The van der Waals surface area contributed by atoms with Crippen LogP contribution in [0.3, 0.4) is 0 Å². The van der Waals surface area contributed by atoms with Gasteiger partial charge in [-0.2, -0.15) is 0 Å². The number of hydrogen-bond donors (Lipinski definition) is 0. The van der Waals surface area contributed by atoms with Gasteiger partial charge in [-0.25, -0.2) is 4.84 Å². The average Bonchev–Trinajstić information content (AvgIpc) is 2.74. The molecule has 0 atom stereocenters. The number of hydroxylamine groups is 1. The summed E-state index contributed by atoms with van der Waals surface area (Å²) in [5.41, 5.74) is 0. The molecule has 1 aromatic rings. The van der Waals surface area contributed by atoms with Crippen molar-refractivity contribution in [1.29, 1.82) is 0 Å². The lowest BCUT2D eigenvalue weighted by atomic mass is 10.5. The second kappa shape index (κ2) is 3.02. The van der Waals surface area contributed by atoms with Crippen LogP contribution in [0.25, 0.3) is 0 Å². The zero-order chi connectivity index (χ0) is 9.26. The second-order valence-electron chi connectivity index (χ2n) is 2.59. The van der Waals surface area contributed by atoms with Crippen molar-refractivity contribution in [2.24, 2.45) is 0 Å². The molecule has 0 spiro atoms. The largest absolute Gasteiger partial charge is 0.458 e. The van der Waals surface area contributed by atoms with Crippen LogP contribution in [0, 0.1) is 10.1 Å². The smallest absolute Gasteiger partial charge is 0.390 e. The Bertz CT molecular complexity index is 317. The molecular formula is C6H8N4O3. The lowest BCUT2D eigenvalue weighted by molar-refractivity contribution is -0.397. The van der Waals surface area contributed by atoms with Gasteiger partial charge in [0.25, 0.3) is 0 Å². The van der Waals surface area contributed by atoms with Gasteiger partial charge in [-0.05, 0) is 11.3 Å². The normalized spacial score (nSPS) is 16.5. The predicted molar refractivity (Wildman–Crippen MR) is 42.5 cm³/mol. The van der Waals surface area contributed by atoms with E-state index in [1.165, 1.54) is 22.2 Å². The van der Waals surface area contributed by atoms with Crippen molar-refractivity contribution >= 4 is 5.95 Å². The molecule has 13 heavy (non-hydrogen) atoms. The van der Waals surface area contributed by atoms with E-state index in [1.54, 1.807) is 0 Å². The number of hydrogen-bond acceptors (Lipinski definition) is 5. The van der Waals surface area contributed by atoms with Crippen LogP contribution >= 0.6 is 0 Å². The number of imidazole rings is 1. The lowest BCUT2D eigenvalue weighted by Crippen LogP contribution is -2.30. The zero-order valence-electron chi connectivity index (χ0n) is 6.79. The molecule has 1 aliphatic heterocycles. The Hall–Kier alpha value is -1.63. The quantitative estimate of drug-likeness (QED) is 0.480. The van der Waals surface area contributed by atoms with Crippen molar-refractivity contribution in [3.05, 3.63) is 22.5 Å². The molecular weight excluding hydrogens is 176 g/mol. The maximum absolute atomic E-state index is 10.5. The van der Waals surface area contributed by atoms with Gasteiger partial charge in [0.2, 0.25) is 0 Å². The molecule has 1 aliphatic rings. The van der Waals surface area contributed by atoms with Crippen LogP contribution in [-0.4, -0.2) is 27.7 Å². The van der Waals surface area contributed by atoms with Gasteiger partial charge in [0.1, 0.15) is 12.4 Å². The number of rotatable bonds is 2. The maximum Gasteiger partial charge on any atom is 0.458 e. The Morgan fingerprint density at radius 2 is 2.54 bits per heavy atom. The molecule has 0 N–H and O–H groups in total. The fourth-order valence-corrected chi connectivity index (χ4v) is 1.20. The molecule has 0 radical (unpaired) electrons. The van der Waals surface area contributed by atoms with E-state index in [2.05, 4.69) is 4.98 Å². The molecule has 1 fully saturated rings. The van der Waals surface area contributed by atoms with Gasteiger partial charge in [0, 0.05) is 0 Å². The lowest BCUT2D eigenvalue weighted by Gasteiger charge is -2.12. The first-order valence-electron chi connectivity index (χ1n) is 3.87. The van der Waals surface area contributed by atoms with Gasteiger partial charge in [-0.3, -0.25) is 0 Å². The molecule has 0 aromatic carbocycles. The highest BCUT2D eigenvalue weighted by Crippen LogP contribution is 2.11. The van der Waals surface area contributed by atoms with Crippen LogP contribution in [-0.2, 0) is 4.84 Å². The number of aromatic nitrogens is 2. The summed E-state index contributed by atoms with van der Waals surface area (Å²) < 4.78 is 1.30. The molecule has 1 aromatic heterocycles. The highest BCUT2D eigenvalue weighted by Gasteiger charge is 2.23. The first-order chi connectivity index (χ1) is 6.29. The summed E-state index contributed by atoms with van der Waals surface area (Å²) in [7, 11) is 0. The molecule has 2 heterocycles. The van der Waals surface area contributed by atoms with E-state index in [1.807, 2.05) is 0 Å². The fraction of sp³-hybridized carbons (Fsp3) is 0.500. The van der Waals surface area contributed by atoms with Crippen LogP contribution in [0.4, 0.5) is 5.95 Å². The third-order valence-corrected chi connectivity index (χ3v) is 1.74. The van der Waals surface area contributed by atoms with Crippen molar-refractivity contribution < 1.29 is 9.76 Å². The highest BCUT2D eigenvalue weighted by molar-refractivity contribution is 5.09. The predicted octanol–water partition coefficient (Wildman–Crippen LogP) is 0.0646. The van der Waals surface area contributed by atoms with Crippen LogP contribution in [0.15, 0.2) is 12.4 Å². The van der Waals surface area contributed by atoms with Gasteiger partial charge >= 0.3 is 5.95 Å². The molecule has 0 aliphatic carbocycles. The van der Waals surface area contributed by atoms with Crippen molar-refractivity contribution in [3.63, 3.8) is 0 Å². The fourth-order valence-electron chi connectivity index (χ4n) is 1.20. The molecule has 2 rings (SSSR count). The Labute approximate surface area is 73.6 Å². The first-order valence-corrected chi connectivity index (χ1v) is 3.87. The second-order valence-corrected chi connectivity index (χ2v) is 2.59. The van der Waals surface area contributed by atoms with Crippen LogP contribution in [0.5, 0.6) is 0 Å². The summed E-state index contributed by atoms with van der Waals surface area (Å²) in [4.78, 5) is 18.7. The first kappa shape index (κ1) is 7.99. The van der Waals surface area contributed by atoms with E-state index >= 15 is 0 Å². The average molecular weight is 184 g/mol. The molecule has 7 heteroatoms. The highest BCUT2D eigenvalue weighted by atomic mass is 16.7. The van der Waals surface area contributed by atoms with E-state index in [4.69, 9.17) is 4.84 Å². The van der Waals surface area contributed by atoms with E-state index in [9.17, 15) is 10.1 Å². The summed E-state index contributed by atoms with van der Waals surface area (Å²) in [6.45, 7) is 1.24. The Morgan fingerprint density at radius 1 is 1.69 bits per heavy atom. The topological polar surface area (TPSA) is 73.4 Å². The van der Waals surface area contributed by atoms with Crippen LogP contribution in [0.1, 0.15) is 6.42 Å². The SMILES string of the molecule is O=[N+]([O-])c1nccn1N1CCCO1. The van der Waals surface area contributed by atoms with Gasteiger partial charge < -0.3 is 10.1 Å². The molecule has 0 amide bonds. The molecule has 0 bridgehead atoms. The molecule has 0 saturated carbocycles. The Balaban J connectivity index is 2.28. The summed E-state index contributed by atoms with van der Waals surface area (Å²) in [6, 6.07) is 0. The minimum atomic E-state index is -0.540. The van der Waals surface area contributed by atoms with Crippen LogP contribution in [0.2, 0.25) is 0 Å². The Morgan fingerprint density at radius 3 is 3.15 bits per heavy atom. The van der Waals surface area contributed by atoms with E-state index in [0.29, 0.717) is 13.2 Å². The minimum absolute atomic E-state index is 0.220. The third-order valence-electron chi connectivity index (χ3n) is 1.74. The van der Waals surface area contributed by atoms with Crippen molar-refractivity contribution in [2.45, 2.75) is 6.42 Å². The standard InChI is InChI=1S/C6H8N4O3/c11-10(12)6-7-2-4-8(6)9-3-1-5-13-9/h2,4H,1,3,5H2. The zero-order valence-corrected chi connectivity index (χ0v) is 6.79. The summed E-state index contributed by atoms with van der Waals surface area (Å²) in [6.07, 6.45) is 3.75. The molecule has 0 unspecified atom stereocenters.